The van der Waals surface area contributed by atoms with E-state index in [2.05, 4.69) is 27.7 Å². The maximum Gasteiger partial charge on any atom is 0.408 e. The number of alkyl carbamates (subject to hydrolysis) is 1. The van der Waals surface area contributed by atoms with Crippen LogP contribution in [0.5, 0.6) is 0 Å². The molecular weight excluding hydrogens is 396 g/mol. The molecule has 0 aromatic rings. The minimum atomic E-state index is -1.56. The van der Waals surface area contributed by atoms with Crippen LogP contribution in [0.25, 0.3) is 0 Å². The van der Waals surface area contributed by atoms with Crippen molar-refractivity contribution in [1.82, 2.24) is 5.32 Å². The molecule has 186 valence electrons. The van der Waals surface area contributed by atoms with Gasteiger partial charge in [0.25, 0.3) is 0 Å². The van der Waals surface area contributed by atoms with Gasteiger partial charge in [0.05, 0.1) is 44.8 Å². The van der Waals surface area contributed by atoms with E-state index < -0.39 is 30.3 Å². The fraction of sp³-hybridized carbons (Fsp3) is 0.917. The molecule has 0 saturated carbocycles. The van der Waals surface area contributed by atoms with Gasteiger partial charge in [-0.2, -0.15) is 0 Å². The topological polar surface area (TPSA) is 98.7 Å². The second-order valence-corrected chi connectivity index (χ2v) is 9.35. The number of aliphatic hydroxyl groups is 1. The SMILES string of the molecule is CC(C)(C)OC(=O)N[C@@H](CO)C(=O)[O-].CCCC[N+](CCCC)(CCCC)CCCC. The molecule has 0 aromatic heterocycles. The van der Waals surface area contributed by atoms with Gasteiger partial charge in [-0.1, -0.05) is 53.4 Å². The fourth-order valence-corrected chi connectivity index (χ4v) is 3.27. The summed E-state index contributed by atoms with van der Waals surface area (Å²) in [5.41, 5.74) is -0.712. The Morgan fingerprint density at radius 3 is 1.45 bits per heavy atom. The van der Waals surface area contributed by atoms with Gasteiger partial charge < -0.3 is 29.5 Å². The summed E-state index contributed by atoms with van der Waals surface area (Å²) in [6.45, 7) is 19.2. The van der Waals surface area contributed by atoms with E-state index in [0.717, 1.165) is 0 Å². The van der Waals surface area contributed by atoms with Gasteiger partial charge in [0.15, 0.2) is 0 Å². The molecule has 0 fully saturated rings. The monoisotopic (exact) mass is 446 g/mol. The Bertz CT molecular complexity index is 426. The second kappa shape index (κ2) is 18.3. The van der Waals surface area contributed by atoms with E-state index in [-0.39, 0.29) is 0 Å². The summed E-state index contributed by atoms with van der Waals surface area (Å²) in [5, 5.41) is 20.8. The van der Waals surface area contributed by atoms with E-state index >= 15 is 0 Å². The third kappa shape index (κ3) is 18.0. The first kappa shape index (κ1) is 31.8. The molecule has 2 N–H and O–H groups in total. The number of rotatable bonds is 15. The molecular formula is C24H50N2O5. The van der Waals surface area contributed by atoms with E-state index in [0.29, 0.717) is 0 Å². The summed E-state index contributed by atoms with van der Waals surface area (Å²) >= 11 is 0. The third-order valence-electron chi connectivity index (χ3n) is 5.10. The summed E-state index contributed by atoms with van der Waals surface area (Å²) < 4.78 is 6.19. The highest BCUT2D eigenvalue weighted by molar-refractivity contribution is 5.78. The molecule has 0 unspecified atom stereocenters. The van der Waals surface area contributed by atoms with Gasteiger partial charge in [-0.05, 0) is 46.5 Å². The Morgan fingerprint density at radius 1 is 0.871 bits per heavy atom. The minimum Gasteiger partial charge on any atom is -0.548 e. The molecule has 1 amide bonds. The third-order valence-corrected chi connectivity index (χ3v) is 5.10. The van der Waals surface area contributed by atoms with Crippen LogP contribution in [-0.2, 0) is 9.53 Å². The Balaban J connectivity index is 0. The van der Waals surface area contributed by atoms with Gasteiger partial charge in [0.2, 0.25) is 0 Å². The van der Waals surface area contributed by atoms with Crippen molar-refractivity contribution in [2.24, 2.45) is 0 Å². The lowest BCUT2D eigenvalue weighted by Crippen LogP contribution is -2.51. The first-order valence-corrected chi connectivity index (χ1v) is 12.2. The van der Waals surface area contributed by atoms with Crippen LogP contribution in [0.3, 0.4) is 0 Å². The first-order chi connectivity index (χ1) is 14.5. The predicted molar refractivity (Wildman–Crippen MR) is 125 cm³/mol. The average molecular weight is 447 g/mol. The first-order valence-electron chi connectivity index (χ1n) is 12.2. The molecule has 0 aromatic carbocycles. The maximum atomic E-state index is 11.0. The number of carbonyl (C=O) groups excluding carboxylic acids is 2. The average Bonchev–Trinajstić information content (AvgIpc) is 2.70. The van der Waals surface area contributed by atoms with E-state index in [1.165, 1.54) is 82.0 Å². The molecule has 31 heavy (non-hydrogen) atoms. The van der Waals surface area contributed by atoms with Crippen molar-refractivity contribution in [3.63, 3.8) is 0 Å². The van der Waals surface area contributed by atoms with E-state index in [1.807, 2.05) is 5.32 Å². The number of amides is 1. The van der Waals surface area contributed by atoms with Crippen LogP contribution in [0, 0.1) is 0 Å². The Labute approximate surface area is 191 Å². The number of quaternary nitrogens is 1. The standard InChI is InChI=1S/C16H36N.C8H15NO5/c1-5-9-13-17(14-10-6-2,15-11-7-3)16-12-8-4;1-8(2,3)14-7(13)9-5(4-10)6(11)12/h5-16H2,1-4H3;5,10H,4H2,1-3H3,(H,9,13)(H,11,12)/q+1;/p-1/t;5-/m.0/s1. The number of hydrogen-bond donors (Lipinski definition) is 2. The molecule has 1 atom stereocenters. The van der Waals surface area contributed by atoms with Gasteiger partial charge in [-0.25, -0.2) is 4.79 Å². The van der Waals surface area contributed by atoms with Crippen LogP contribution in [-0.4, -0.2) is 66.1 Å². The van der Waals surface area contributed by atoms with Gasteiger partial charge >= 0.3 is 6.09 Å². The van der Waals surface area contributed by atoms with Crippen molar-refractivity contribution in [1.29, 1.82) is 0 Å². The van der Waals surface area contributed by atoms with Crippen molar-refractivity contribution in [2.45, 2.75) is 111 Å². The molecule has 0 rings (SSSR count). The zero-order chi connectivity index (χ0) is 24.3. The predicted octanol–water partition coefficient (Wildman–Crippen LogP) is 3.63. The molecule has 0 bridgehead atoms. The van der Waals surface area contributed by atoms with Crippen LogP contribution < -0.4 is 10.4 Å². The van der Waals surface area contributed by atoms with Gasteiger partial charge in [-0.15, -0.1) is 0 Å². The molecule has 0 saturated heterocycles. The van der Waals surface area contributed by atoms with E-state index in [1.54, 1.807) is 20.8 Å². The van der Waals surface area contributed by atoms with Crippen molar-refractivity contribution in [2.75, 3.05) is 32.8 Å². The van der Waals surface area contributed by atoms with Crippen molar-refractivity contribution in [3.8, 4) is 0 Å². The Morgan fingerprint density at radius 2 is 1.23 bits per heavy atom. The van der Waals surface area contributed by atoms with Crippen molar-refractivity contribution in [3.05, 3.63) is 0 Å². The number of carbonyl (C=O) groups is 2. The highest BCUT2D eigenvalue weighted by atomic mass is 16.6. The van der Waals surface area contributed by atoms with Crippen molar-refractivity contribution >= 4 is 12.1 Å². The molecule has 0 aliphatic rings. The number of nitrogens with one attached hydrogen (secondary N) is 1. The molecule has 0 heterocycles. The summed E-state index contributed by atoms with van der Waals surface area (Å²) in [4.78, 5) is 21.3. The number of hydrogen-bond acceptors (Lipinski definition) is 5. The lowest BCUT2D eigenvalue weighted by molar-refractivity contribution is -0.929. The molecule has 0 radical (unpaired) electrons. The van der Waals surface area contributed by atoms with Crippen LogP contribution in [0.1, 0.15) is 99.8 Å². The highest BCUT2D eigenvalue weighted by Crippen LogP contribution is 2.16. The van der Waals surface area contributed by atoms with E-state index in [9.17, 15) is 14.7 Å². The summed E-state index contributed by atoms with van der Waals surface area (Å²) in [6, 6.07) is -1.44. The Hall–Kier alpha value is -1.34. The maximum absolute atomic E-state index is 11.0. The number of carboxylic acid groups (broad SMARTS) is 1. The molecule has 0 aliphatic heterocycles. The molecule has 7 heteroatoms. The number of unbranched alkanes of at least 4 members (excludes halogenated alkanes) is 4. The van der Waals surface area contributed by atoms with Crippen LogP contribution >= 0.6 is 0 Å². The zero-order valence-electron chi connectivity index (χ0n) is 21.3. The lowest BCUT2D eigenvalue weighted by atomic mass is 10.1. The van der Waals surface area contributed by atoms with E-state index in [4.69, 9.17) is 9.84 Å². The van der Waals surface area contributed by atoms with Crippen LogP contribution in [0.15, 0.2) is 0 Å². The van der Waals surface area contributed by atoms with Crippen LogP contribution in [0.4, 0.5) is 4.79 Å². The molecule has 0 spiro atoms. The zero-order valence-corrected chi connectivity index (χ0v) is 21.3. The largest absolute Gasteiger partial charge is 0.548 e. The highest BCUT2D eigenvalue weighted by Gasteiger charge is 2.24. The quantitative estimate of drug-likeness (QED) is 0.374. The number of carboxylic acids is 1. The summed E-state index contributed by atoms with van der Waals surface area (Å²) in [5.74, 6) is -1.56. The number of aliphatic hydroxyl groups excluding tert-OH is 1. The fourth-order valence-electron chi connectivity index (χ4n) is 3.27. The minimum absolute atomic E-state index is 0.712. The molecule has 0 aliphatic carbocycles. The lowest BCUT2D eigenvalue weighted by Gasteiger charge is -2.39. The summed E-state index contributed by atoms with van der Waals surface area (Å²) in [6.07, 6.45) is 10.2. The van der Waals surface area contributed by atoms with Gasteiger partial charge in [0, 0.05) is 0 Å². The number of nitrogens with zero attached hydrogens (tertiary/aromatic N) is 1. The second-order valence-electron chi connectivity index (χ2n) is 9.35. The number of ether oxygens (including phenoxy) is 1. The van der Waals surface area contributed by atoms with Crippen LogP contribution in [0.2, 0.25) is 0 Å². The smallest absolute Gasteiger partial charge is 0.408 e. The van der Waals surface area contributed by atoms with Gasteiger partial charge in [-0.3, -0.25) is 0 Å². The molecule has 7 nitrogen and oxygen atoms in total. The number of aliphatic carboxylic acids is 1. The Kier molecular flexibility index (Phi) is 18.7. The summed E-state index contributed by atoms with van der Waals surface area (Å²) in [7, 11) is 0. The van der Waals surface area contributed by atoms with Gasteiger partial charge in [0.1, 0.15) is 5.60 Å². The van der Waals surface area contributed by atoms with Crippen molar-refractivity contribution < 1.29 is 29.0 Å². The normalized spacial score (nSPS) is 12.5.